The van der Waals surface area contributed by atoms with Crippen LogP contribution in [0.15, 0.2) is 0 Å². The fourth-order valence-electron chi connectivity index (χ4n) is 2.25. The van der Waals surface area contributed by atoms with E-state index in [1.165, 1.54) is 6.42 Å². The minimum Gasteiger partial charge on any atom is -0.346 e. The first-order chi connectivity index (χ1) is 7.56. The summed E-state index contributed by atoms with van der Waals surface area (Å²) in [6.45, 7) is 4.10. The third-order valence-electron chi connectivity index (χ3n) is 3.10. The Kier molecular flexibility index (Phi) is 7.15. The Bertz CT molecular complexity index is 263. The van der Waals surface area contributed by atoms with Crippen LogP contribution < -0.4 is 11.1 Å². The van der Waals surface area contributed by atoms with E-state index in [0.717, 1.165) is 12.8 Å². The minimum atomic E-state index is -0.286. The molecule has 0 aromatic carbocycles. The van der Waals surface area contributed by atoms with Crippen LogP contribution in [-0.2, 0) is 9.59 Å². The van der Waals surface area contributed by atoms with Gasteiger partial charge in [-0.05, 0) is 33.1 Å². The van der Waals surface area contributed by atoms with Crippen molar-refractivity contribution in [1.29, 1.82) is 0 Å². The summed E-state index contributed by atoms with van der Waals surface area (Å²) in [4.78, 5) is 24.7. The monoisotopic (exact) mass is 263 g/mol. The molecule has 0 bridgehead atoms. The van der Waals surface area contributed by atoms with Crippen molar-refractivity contribution in [3.63, 3.8) is 0 Å². The summed E-state index contributed by atoms with van der Waals surface area (Å²) < 4.78 is 0. The molecule has 2 unspecified atom stereocenters. The van der Waals surface area contributed by atoms with E-state index in [1.807, 2.05) is 4.90 Å². The van der Waals surface area contributed by atoms with Crippen molar-refractivity contribution in [2.45, 2.75) is 45.2 Å². The molecule has 17 heavy (non-hydrogen) atoms. The predicted octanol–water partition coefficient (Wildman–Crippen LogP) is 0.273. The van der Waals surface area contributed by atoms with Gasteiger partial charge < -0.3 is 16.0 Å². The summed E-state index contributed by atoms with van der Waals surface area (Å²) in [5.74, 6) is -0.299. The van der Waals surface area contributed by atoms with Crippen molar-refractivity contribution in [1.82, 2.24) is 10.2 Å². The third kappa shape index (κ3) is 4.52. The lowest BCUT2D eigenvalue weighted by Crippen LogP contribution is -2.51. The van der Waals surface area contributed by atoms with Gasteiger partial charge in [-0.15, -0.1) is 12.4 Å². The topological polar surface area (TPSA) is 75.4 Å². The van der Waals surface area contributed by atoms with Crippen LogP contribution in [0.5, 0.6) is 0 Å². The number of carbonyl (C=O) groups is 2. The molecule has 1 heterocycles. The molecule has 0 saturated carbocycles. The highest BCUT2D eigenvalue weighted by atomic mass is 35.5. The third-order valence-corrected chi connectivity index (χ3v) is 3.10. The Labute approximate surface area is 109 Å². The van der Waals surface area contributed by atoms with Crippen LogP contribution in [0.25, 0.3) is 0 Å². The number of rotatable bonds is 3. The van der Waals surface area contributed by atoms with E-state index in [0.29, 0.717) is 0 Å². The Morgan fingerprint density at radius 2 is 1.82 bits per heavy atom. The van der Waals surface area contributed by atoms with E-state index in [2.05, 4.69) is 19.2 Å². The van der Waals surface area contributed by atoms with Gasteiger partial charge in [0.25, 0.3) is 0 Å². The average Bonchev–Trinajstić information content (AvgIpc) is 2.25. The van der Waals surface area contributed by atoms with Gasteiger partial charge in [0, 0.05) is 12.1 Å². The molecule has 5 nitrogen and oxygen atoms in total. The summed E-state index contributed by atoms with van der Waals surface area (Å²) in [6, 6.07) is 0.539. The van der Waals surface area contributed by atoms with Gasteiger partial charge in [0.15, 0.2) is 0 Å². The molecule has 1 aliphatic rings. The maximum Gasteiger partial charge on any atom is 0.242 e. The number of hydrogen-bond acceptors (Lipinski definition) is 3. The van der Waals surface area contributed by atoms with Crippen LogP contribution in [0.3, 0.4) is 0 Å². The maximum atomic E-state index is 11.9. The van der Waals surface area contributed by atoms with Crippen molar-refractivity contribution >= 4 is 24.2 Å². The normalized spacial score (nSPS) is 23.8. The molecule has 0 aromatic rings. The Morgan fingerprint density at radius 3 is 2.29 bits per heavy atom. The van der Waals surface area contributed by atoms with Crippen LogP contribution in [0.4, 0.5) is 0 Å². The van der Waals surface area contributed by atoms with Gasteiger partial charge >= 0.3 is 0 Å². The van der Waals surface area contributed by atoms with E-state index in [-0.39, 0.29) is 49.4 Å². The fraction of sp³-hybridized carbons (Fsp3) is 0.818. The zero-order valence-corrected chi connectivity index (χ0v) is 11.3. The predicted molar refractivity (Wildman–Crippen MR) is 68.9 cm³/mol. The van der Waals surface area contributed by atoms with E-state index in [4.69, 9.17) is 5.73 Å². The van der Waals surface area contributed by atoms with Crippen molar-refractivity contribution in [2.75, 3.05) is 13.1 Å². The number of likely N-dealkylation sites (tertiary alicyclic amines) is 1. The van der Waals surface area contributed by atoms with Gasteiger partial charge in [0.2, 0.25) is 11.8 Å². The minimum absolute atomic E-state index is 0. The summed E-state index contributed by atoms with van der Waals surface area (Å²) in [6.07, 6.45) is 3.25. The second-order valence-electron chi connectivity index (χ2n) is 4.41. The lowest BCUT2D eigenvalue weighted by molar-refractivity contribution is -0.137. The summed E-state index contributed by atoms with van der Waals surface area (Å²) in [5.41, 5.74) is 5.15. The maximum absolute atomic E-state index is 11.9. The molecule has 0 aliphatic carbocycles. The molecule has 0 aromatic heterocycles. The second-order valence-corrected chi connectivity index (χ2v) is 4.41. The van der Waals surface area contributed by atoms with E-state index >= 15 is 0 Å². The molecule has 2 amide bonds. The second kappa shape index (κ2) is 7.50. The van der Waals surface area contributed by atoms with Crippen molar-refractivity contribution in [3.05, 3.63) is 0 Å². The number of nitrogens with one attached hydrogen (secondary N) is 1. The number of hydrogen-bond donors (Lipinski definition) is 2. The quantitative estimate of drug-likeness (QED) is 0.768. The highest BCUT2D eigenvalue weighted by molar-refractivity contribution is 5.86. The van der Waals surface area contributed by atoms with Gasteiger partial charge in [0.05, 0.1) is 13.1 Å². The standard InChI is InChI=1S/C11H21N3O2.ClH/c1-8-4-3-5-9(2)14(8)11(16)7-13-10(15)6-12;/h8-9H,3-7,12H2,1-2H3,(H,13,15);1H. The number of nitrogens with zero attached hydrogens (tertiary/aromatic N) is 1. The highest BCUT2D eigenvalue weighted by Gasteiger charge is 2.28. The van der Waals surface area contributed by atoms with Crippen molar-refractivity contribution in [3.8, 4) is 0 Å². The van der Waals surface area contributed by atoms with Gasteiger partial charge in [-0.2, -0.15) is 0 Å². The zero-order valence-electron chi connectivity index (χ0n) is 10.4. The first kappa shape index (κ1) is 16.2. The molecule has 6 heteroatoms. The molecule has 0 spiro atoms. The Hall–Kier alpha value is -0.810. The lowest BCUT2D eigenvalue weighted by Gasteiger charge is -2.39. The van der Waals surface area contributed by atoms with Gasteiger partial charge in [-0.3, -0.25) is 9.59 Å². The average molecular weight is 264 g/mol. The van der Waals surface area contributed by atoms with Crippen LogP contribution >= 0.6 is 12.4 Å². The highest BCUT2D eigenvalue weighted by Crippen LogP contribution is 2.22. The van der Waals surface area contributed by atoms with E-state index in [1.54, 1.807) is 0 Å². The molecule has 1 saturated heterocycles. The Morgan fingerprint density at radius 1 is 1.29 bits per heavy atom. The molecule has 3 N–H and O–H groups in total. The van der Waals surface area contributed by atoms with Crippen LogP contribution in [0.1, 0.15) is 33.1 Å². The SMILES string of the molecule is CC1CCCC(C)N1C(=O)CNC(=O)CN.Cl. The lowest BCUT2D eigenvalue weighted by atomic mass is 9.97. The van der Waals surface area contributed by atoms with Crippen molar-refractivity contribution in [2.24, 2.45) is 5.73 Å². The van der Waals surface area contributed by atoms with Crippen LogP contribution in [-0.4, -0.2) is 41.9 Å². The first-order valence-electron chi connectivity index (χ1n) is 5.84. The van der Waals surface area contributed by atoms with Gasteiger partial charge in [0.1, 0.15) is 0 Å². The number of carbonyl (C=O) groups excluding carboxylic acids is 2. The van der Waals surface area contributed by atoms with Gasteiger partial charge in [-0.25, -0.2) is 0 Å². The smallest absolute Gasteiger partial charge is 0.242 e. The van der Waals surface area contributed by atoms with E-state index in [9.17, 15) is 9.59 Å². The molecule has 100 valence electrons. The largest absolute Gasteiger partial charge is 0.346 e. The summed E-state index contributed by atoms with van der Waals surface area (Å²) >= 11 is 0. The number of halogens is 1. The molecule has 1 fully saturated rings. The van der Waals surface area contributed by atoms with Crippen molar-refractivity contribution < 1.29 is 9.59 Å². The number of amides is 2. The van der Waals surface area contributed by atoms with Crippen LogP contribution in [0, 0.1) is 0 Å². The van der Waals surface area contributed by atoms with E-state index < -0.39 is 0 Å². The molecule has 1 aliphatic heterocycles. The zero-order chi connectivity index (χ0) is 12.1. The van der Waals surface area contributed by atoms with Gasteiger partial charge in [-0.1, -0.05) is 0 Å². The van der Waals surface area contributed by atoms with Crippen LogP contribution in [0.2, 0.25) is 0 Å². The molecule has 0 radical (unpaired) electrons. The first-order valence-corrected chi connectivity index (χ1v) is 5.84. The molecular formula is C11H22ClN3O2. The number of nitrogens with two attached hydrogens (primary N) is 1. The fourth-order valence-corrected chi connectivity index (χ4v) is 2.25. The molecule has 1 rings (SSSR count). The molecule has 2 atom stereocenters. The Balaban J connectivity index is 0.00000256. The summed E-state index contributed by atoms with van der Waals surface area (Å²) in [7, 11) is 0. The summed E-state index contributed by atoms with van der Waals surface area (Å²) in [5, 5.41) is 2.52. The molecular weight excluding hydrogens is 242 g/mol. The number of piperidine rings is 1.